The molecule has 0 atom stereocenters. The number of carboxylic acid groups (broad SMARTS) is 1. The summed E-state index contributed by atoms with van der Waals surface area (Å²) in [5, 5.41) is 13.4. The van der Waals surface area contributed by atoms with Crippen molar-refractivity contribution in [1.29, 1.82) is 0 Å². The molecular weight excluding hydrogens is 346 g/mol. The Bertz CT molecular complexity index is 837. The summed E-state index contributed by atoms with van der Waals surface area (Å²) >= 11 is 0. The van der Waals surface area contributed by atoms with E-state index in [-0.39, 0.29) is 31.3 Å². The first-order chi connectivity index (χ1) is 12.6. The van der Waals surface area contributed by atoms with Crippen LogP contribution in [0.2, 0.25) is 0 Å². The molecule has 0 aromatic carbocycles. The van der Waals surface area contributed by atoms with Crippen molar-refractivity contribution in [2.24, 2.45) is 0 Å². The summed E-state index contributed by atoms with van der Waals surface area (Å²) in [7, 11) is 0. The van der Waals surface area contributed by atoms with E-state index in [1.54, 1.807) is 9.58 Å². The maximum absolute atomic E-state index is 12.8. The molecule has 2 heterocycles. The summed E-state index contributed by atoms with van der Waals surface area (Å²) in [6, 6.07) is 1.82. The van der Waals surface area contributed by atoms with E-state index in [1.165, 1.54) is 0 Å². The average Bonchev–Trinajstić information content (AvgIpc) is 2.81. The van der Waals surface area contributed by atoms with E-state index in [9.17, 15) is 9.59 Å². The number of carboxylic acids is 1. The van der Waals surface area contributed by atoms with Crippen molar-refractivity contribution in [2.75, 3.05) is 6.54 Å². The lowest BCUT2D eigenvalue weighted by Crippen LogP contribution is -2.39. The number of carbonyl (C=O) groups excluding carboxylic acids is 1. The first kappa shape index (κ1) is 20.5. The number of rotatable bonds is 7. The standard InChI is InChI=1S/C19H27N5O3/c1-11(2)23(8-7-18(26)27)17(25)10-16-14(5)22-24(15(16)6)19-20-12(3)9-13(4)21-19/h9,11H,7-8,10H2,1-6H3,(H,26,27). The molecule has 0 saturated heterocycles. The Kier molecular flexibility index (Phi) is 6.30. The van der Waals surface area contributed by atoms with Gasteiger partial charge in [-0.3, -0.25) is 9.59 Å². The predicted octanol–water partition coefficient (Wildman–Crippen LogP) is 2.15. The smallest absolute Gasteiger partial charge is 0.305 e. The molecule has 0 aliphatic carbocycles. The van der Waals surface area contributed by atoms with Gasteiger partial charge in [-0.2, -0.15) is 5.10 Å². The number of hydrogen-bond acceptors (Lipinski definition) is 5. The van der Waals surface area contributed by atoms with E-state index in [4.69, 9.17) is 5.11 Å². The van der Waals surface area contributed by atoms with E-state index in [1.807, 2.05) is 47.6 Å². The van der Waals surface area contributed by atoms with Crippen LogP contribution in [0.1, 0.15) is 48.6 Å². The van der Waals surface area contributed by atoms with Crippen LogP contribution in [0.4, 0.5) is 0 Å². The van der Waals surface area contributed by atoms with E-state index in [0.717, 1.165) is 28.3 Å². The van der Waals surface area contributed by atoms with Gasteiger partial charge in [0.05, 0.1) is 18.5 Å². The number of carbonyl (C=O) groups is 2. The van der Waals surface area contributed by atoms with Crippen LogP contribution < -0.4 is 0 Å². The molecule has 8 nitrogen and oxygen atoms in total. The van der Waals surface area contributed by atoms with Crippen LogP contribution in [0.25, 0.3) is 5.95 Å². The molecule has 2 aromatic rings. The van der Waals surface area contributed by atoms with E-state index >= 15 is 0 Å². The molecule has 0 aliphatic rings. The minimum atomic E-state index is -0.916. The normalized spacial score (nSPS) is 11.1. The summed E-state index contributed by atoms with van der Waals surface area (Å²) < 4.78 is 1.66. The van der Waals surface area contributed by atoms with Crippen LogP contribution >= 0.6 is 0 Å². The Balaban J connectivity index is 2.30. The van der Waals surface area contributed by atoms with Crippen molar-refractivity contribution >= 4 is 11.9 Å². The lowest BCUT2D eigenvalue weighted by Gasteiger charge is -2.26. The summed E-state index contributed by atoms with van der Waals surface area (Å²) in [5.74, 6) is -0.544. The molecule has 1 amide bonds. The highest BCUT2D eigenvalue weighted by Crippen LogP contribution is 2.18. The molecule has 0 radical (unpaired) electrons. The van der Waals surface area contributed by atoms with Gasteiger partial charge in [0.1, 0.15) is 0 Å². The van der Waals surface area contributed by atoms with Crippen molar-refractivity contribution in [3.8, 4) is 5.95 Å². The molecule has 2 aromatic heterocycles. The van der Waals surface area contributed by atoms with Crippen molar-refractivity contribution in [3.63, 3.8) is 0 Å². The second-order valence-corrected chi connectivity index (χ2v) is 7.01. The van der Waals surface area contributed by atoms with E-state index in [2.05, 4.69) is 15.1 Å². The fourth-order valence-corrected chi connectivity index (χ4v) is 3.07. The van der Waals surface area contributed by atoms with Gasteiger partial charge < -0.3 is 10.0 Å². The number of nitrogens with zero attached hydrogens (tertiary/aromatic N) is 5. The van der Waals surface area contributed by atoms with Crippen LogP contribution in [0.3, 0.4) is 0 Å². The molecule has 0 bridgehead atoms. The first-order valence-electron chi connectivity index (χ1n) is 8.99. The molecule has 0 spiro atoms. The SMILES string of the molecule is Cc1cc(C)nc(-n2nc(C)c(CC(=O)N(CCC(=O)O)C(C)C)c2C)n1. The third kappa shape index (κ3) is 4.90. The minimum Gasteiger partial charge on any atom is -0.481 e. The highest BCUT2D eigenvalue weighted by atomic mass is 16.4. The Morgan fingerprint density at radius 2 is 1.74 bits per heavy atom. The Labute approximate surface area is 159 Å². The fraction of sp³-hybridized carbons (Fsp3) is 0.526. The number of aliphatic carboxylic acids is 1. The van der Waals surface area contributed by atoms with Gasteiger partial charge in [0.2, 0.25) is 5.91 Å². The van der Waals surface area contributed by atoms with Crippen molar-refractivity contribution < 1.29 is 14.7 Å². The molecule has 0 unspecified atom stereocenters. The zero-order valence-electron chi connectivity index (χ0n) is 16.8. The average molecular weight is 373 g/mol. The third-order valence-electron chi connectivity index (χ3n) is 4.44. The van der Waals surface area contributed by atoms with Gasteiger partial charge in [-0.15, -0.1) is 0 Å². The second-order valence-electron chi connectivity index (χ2n) is 7.01. The van der Waals surface area contributed by atoms with Crippen molar-refractivity contribution in [2.45, 2.75) is 60.4 Å². The topological polar surface area (TPSA) is 101 Å². The summed E-state index contributed by atoms with van der Waals surface area (Å²) in [6.45, 7) is 11.5. The largest absolute Gasteiger partial charge is 0.481 e. The lowest BCUT2D eigenvalue weighted by molar-refractivity contribution is -0.139. The van der Waals surface area contributed by atoms with Crippen LogP contribution in [0, 0.1) is 27.7 Å². The molecule has 0 saturated carbocycles. The molecule has 8 heteroatoms. The third-order valence-corrected chi connectivity index (χ3v) is 4.44. The maximum Gasteiger partial charge on any atom is 0.305 e. The quantitative estimate of drug-likeness (QED) is 0.798. The molecule has 27 heavy (non-hydrogen) atoms. The highest BCUT2D eigenvalue weighted by Gasteiger charge is 2.23. The molecule has 0 aliphatic heterocycles. The van der Waals surface area contributed by atoms with Gasteiger partial charge in [-0.05, 0) is 47.6 Å². The number of aromatic nitrogens is 4. The second kappa shape index (κ2) is 8.28. The van der Waals surface area contributed by atoms with Gasteiger partial charge in [0.15, 0.2) is 0 Å². The van der Waals surface area contributed by atoms with Gasteiger partial charge in [-0.25, -0.2) is 14.6 Å². The van der Waals surface area contributed by atoms with E-state index in [0.29, 0.717) is 5.95 Å². The summed E-state index contributed by atoms with van der Waals surface area (Å²) in [6.07, 6.45) is 0.0951. The molecule has 1 N–H and O–H groups in total. The van der Waals surface area contributed by atoms with E-state index < -0.39 is 5.97 Å². The molecule has 146 valence electrons. The lowest BCUT2D eigenvalue weighted by atomic mass is 10.1. The Morgan fingerprint density at radius 3 is 2.26 bits per heavy atom. The Morgan fingerprint density at radius 1 is 1.15 bits per heavy atom. The predicted molar refractivity (Wildman–Crippen MR) is 101 cm³/mol. The van der Waals surface area contributed by atoms with Crippen LogP contribution in [-0.4, -0.2) is 54.2 Å². The van der Waals surface area contributed by atoms with Gasteiger partial charge in [0, 0.05) is 35.2 Å². The molecular formula is C19H27N5O3. The number of hydrogen-bond donors (Lipinski definition) is 1. The highest BCUT2D eigenvalue weighted by molar-refractivity contribution is 5.80. The maximum atomic E-state index is 12.8. The van der Waals surface area contributed by atoms with Crippen LogP contribution in [0.5, 0.6) is 0 Å². The molecule has 2 rings (SSSR count). The van der Waals surface area contributed by atoms with Gasteiger partial charge in [-0.1, -0.05) is 0 Å². The van der Waals surface area contributed by atoms with Crippen molar-refractivity contribution in [3.05, 3.63) is 34.4 Å². The van der Waals surface area contributed by atoms with Crippen molar-refractivity contribution in [1.82, 2.24) is 24.6 Å². The Hall–Kier alpha value is -2.77. The summed E-state index contributed by atoms with van der Waals surface area (Å²) in [4.78, 5) is 34.1. The minimum absolute atomic E-state index is 0.0719. The van der Waals surface area contributed by atoms with Crippen LogP contribution in [0.15, 0.2) is 6.07 Å². The number of aryl methyl sites for hydroxylation is 3. The van der Waals surface area contributed by atoms with Gasteiger partial charge >= 0.3 is 5.97 Å². The summed E-state index contributed by atoms with van der Waals surface area (Å²) in [5.41, 5.74) is 4.08. The zero-order chi connectivity index (χ0) is 20.3. The number of amides is 1. The zero-order valence-corrected chi connectivity index (χ0v) is 16.8. The monoisotopic (exact) mass is 373 g/mol. The van der Waals surface area contributed by atoms with Gasteiger partial charge in [0.25, 0.3) is 5.95 Å². The first-order valence-corrected chi connectivity index (χ1v) is 8.99. The van der Waals surface area contributed by atoms with Crippen LogP contribution in [-0.2, 0) is 16.0 Å². The molecule has 0 fully saturated rings. The fourth-order valence-electron chi connectivity index (χ4n) is 3.07.